The van der Waals surface area contributed by atoms with Gasteiger partial charge in [-0.1, -0.05) is 32.6 Å². The van der Waals surface area contributed by atoms with Crippen molar-refractivity contribution < 1.29 is 9.84 Å². The normalized spacial score (nSPS) is 40.2. The third kappa shape index (κ3) is 3.46. The lowest BCUT2D eigenvalue weighted by atomic mass is 9.91. The lowest BCUT2D eigenvalue weighted by Crippen LogP contribution is -2.56. The van der Waals surface area contributed by atoms with Gasteiger partial charge in [0.15, 0.2) is 0 Å². The summed E-state index contributed by atoms with van der Waals surface area (Å²) in [5.74, 6) is 0. The molecule has 2 rings (SSSR count). The zero-order valence-electron chi connectivity index (χ0n) is 12.0. The molecule has 0 aromatic heterocycles. The number of hydrogen-bond donors (Lipinski definition) is 1. The van der Waals surface area contributed by atoms with Crippen molar-refractivity contribution in [3.05, 3.63) is 0 Å². The van der Waals surface area contributed by atoms with Gasteiger partial charge in [-0.2, -0.15) is 0 Å². The maximum absolute atomic E-state index is 10.4. The molecule has 0 aromatic rings. The predicted octanol–water partition coefficient (Wildman–Crippen LogP) is 2.57. The molecule has 106 valence electrons. The highest BCUT2D eigenvalue weighted by Gasteiger charge is 2.34. The minimum atomic E-state index is -0.135. The van der Waals surface area contributed by atoms with Crippen LogP contribution in [0.2, 0.25) is 0 Å². The minimum absolute atomic E-state index is 0.135. The van der Waals surface area contributed by atoms with E-state index in [0.717, 1.165) is 32.4 Å². The second-order valence-corrected chi connectivity index (χ2v) is 6.03. The molecular weight excluding hydrogens is 226 g/mol. The molecule has 3 heteroatoms. The maximum Gasteiger partial charge on any atom is 0.0695 e. The summed E-state index contributed by atoms with van der Waals surface area (Å²) < 4.78 is 5.77. The molecule has 1 aliphatic heterocycles. The lowest BCUT2D eigenvalue weighted by Gasteiger charge is -2.45. The summed E-state index contributed by atoms with van der Waals surface area (Å²) >= 11 is 0. The Morgan fingerprint density at radius 2 is 1.89 bits per heavy atom. The van der Waals surface area contributed by atoms with Crippen LogP contribution in [-0.2, 0) is 4.74 Å². The third-order valence-corrected chi connectivity index (χ3v) is 4.60. The molecule has 1 saturated heterocycles. The van der Waals surface area contributed by atoms with Crippen LogP contribution >= 0.6 is 0 Å². The van der Waals surface area contributed by atoms with E-state index in [4.69, 9.17) is 4.74 Å². The zero-order valence-corrected chi connectivity index (χ0v) is 12.0. The smallest absolute Gasteiger partial charge is 0.0695 e. The molecule has 2 aliphatic rings. The molecule has 0 amide bonds. The molecule has 3 nitrogen and oxygen atoms in total. The Morgan fingerprint density at radius 1 is 1.17 bits per heavy atom. The zero-order chi connectivity index (χ0) is 13.0. The van der Waals surface area contributed by atoms with Gasteiger partial charge in [0, 0.05) is 18.6 Å². The fourth-order valence-corrected chi connectivity index (χ4v) is 3.46. The van der Waals surface area contributed by atoms with Crippen LogP contribution < -0.4 is 0 Å². The summed E-state index contributed by atoms with van der Waals surface area (Å²) in [6.07, 6.45) is 8.52. The van der Waals surface area contributed by atoms with Crippen molar-refractivity contribution in [1.82, 2.24) is 4.90 Å². The Kier molecular flexibility index (Phi) is 5.46. The van der Waals surface area contributed by atoms with Gasteiger partial charge in [-0.25, -0.2) is 0 Å². The monoisotopic (exact) mass is 255 g/mol. The van der Waals surface area contributed by atoms with Crippen molar-refractivity contribution >= 4 is 0 Å². The second kappa shape index (κ2) is 6.88. The number of rotatable bonds is 2. The molecule has 0 bridgehead atoms. The van der Waals surface area contributed by atoms with Crippen molar-refractivity contribution in [3.8, 4) is 0 Å². The highest BCUT2D eigenvalue weighted by molar-refractivity contribution is 4.88. The van der Waals surface area contributed by atoms with Crippen molar-refractivity contribution in [2.75, 3.05) is 13.2 Å². The third-order valence-electron chi connectivity index (χ3n) is 4.60. The molecule has 1 N–H and O–H groups in total. The Bertz CT molecular complexity index is 247. The van der Waals surface area contributed by atoms with Crippen LogP contribution in [0.3, 0.4) is 0 Å². The van der Waals surface area contributed by atoms with Gasteiger partial charge in [-0.15, -0.1) is 0 Å². The summed E-state index contributed by atoms with van der Waals surface area (Å²) in [6.45, 7) is 6.20. The van der Waals surface area contributed by atoms with E-state index in [2.05, 4.69) is 18.7 Å². The highest BCUT2D eigenvalue weighted by atomic mass is 16.5. The predicted molar refractivity (Wildman–Crippen MR) is 73.7 cm³/mol. The number of nitrogens with zero attached hydrogens (tertiary/aromatic N) is 1. The number of morpholine rings is 1. The molecule has 1 aliphatic carbocycles. The molecular formula is C15H29NO2. The first-order chi connectivity index (χ1) is 8.72. The Labute approximate surface area is 112 Å². The summed E-state index contributed by atoms with van der Waals surface area (Å²) in [7, 11) is 0. The minimum Gasteiger partial charge on any atom is -0.391 e. The van der Waals surface area contributed by atoms with E-state index in [1.54, 1.807) is 0 Å². The molecule has 0 aromatic carbocycles. The molecule has 4 atom stereocenters. The van der Waals surface area contributed by atoms with Gasteiger partial charge in [0.05, 0.1) is 18.8 Å². The fraction of sp³-hybridized carbons (Fsp3) is 1.00. The van der Waals surface area contributed by atoms with Gasteiger partial charge in [0.25, 0.3) is 0 Å². The van der Waals surface area contributed by atoms with Crippen molar-refractivity contribution in [1.29, 1.82) is 0 Å². The van der Waals surface area contributed by atoms with Gasteiger partial charge in [-0.05, 0) is 26.2 Å². The van der Waals surface area contributed by atoms with Crippen LogP contribution in [0, 0.1) is 0 Å². The van der Waals surface area contributed by atoms with E-state index in [1.807, 2.05) is 0 Å². The average Bonchev–Trinajstić information content (AvgIpc) is 2.34. The van der Waals surface area contributed by atoms with Gasteiger partial charge in [-0.3, -0.25) is 4.90 Å². The summed E-state index contributed by atoms with van der Waals surface area (Å²) in [6, 6.07) is 0.863. The Morgan fingerprint density at radius 3 is 2.61 bits per heavy atom. The van der Waals surface area contributed by atoms with Gasteiger partial charge >= 0.3 is 0 Å². The van der Waals surface area contributed by atoms with Gasteiger partial charge in [0.1, 0.15) is 0 Å². The maximum atomic E-state index is 10.4. The summed E-state index contributed by atoms with van der Waals surface area (Å²) in [4.78, 5) is 2.55. The van der Waals surface area contributed by atoms with Gasteiger partial charge in [0.2, 0.25) is 0 Å². The largest absolute Gasteiger partial charge is 0.391 e. The van der Waals surface area contributed by atoms with Crippen molar-refractivity contribution in [2.45, 2.75) is 83.1 Å². The topological polar surface area (TPSA) is 32.7 Å². The molecule has 1 saturated carbocycles. The lowest BCUT2D eigenvalue weighted by molar-refractivity contribution is -0.0968. The molecule has 0 spiro atoms. The molecule has 18 heavy (non-hydrogen) atoms. The van der Waals surface area contributed by atoms with Gasteiger partial charge < -0.3 is 9.84 Å². The van der Waals surface area contributed by atoms with E-state index in [0.29, 0.717) is 18.2 Å². The summed E-state index contributed by atoms with van der Waals surface area (Å²) in [5.41, 5.74) is 0. The number of ether oxygens (including phenoxy) is 1. The van der Waals surface area contributed by atoms with Crippen LogP contribution in [0.25, 0.3) is 0 Å². The van der Waals surface area contributed by atoms with Crippen LogP contribution in [0.4, 0.5) is 0 Å². The van der Waals surface area contributed by atoms with Crippen molar-refractivity contribution in [2.24, 2.45) is 0 Å². The summed E-state index contributed by atoms with van der Waals surface area (Å²) in [5, 5.41) is 10.4. The number of hydrogen-bond acceptors (Lipinski definition) is 3. The highest BCUT2D eigenvalue weighted by Crippen LogP contribution is 2.27. The van der Waals surface area contributed by atoms with E-state index in [-0.39, 0.29) is 6.10 Å². The molecule has 2 fully saturated rings. The Hall–Kier alpha value is -0.120. The number of aliphatic hydroxyl groups excluding tert-OH is 1. The van der Waals surface area contributed by atoms with Crippen LogP contribution in [0.1, 0.15) is 58.8 Å². The van der Waals surface area contributed by atoms with Crippen LogP contribution in [0.5, 0.6) is 0 Å². The van der Waals surface area contributed by atoms with Crippen molar-refractivity contribution in [3.63, 3.8) is 0 Å². The molecule has 1 heterocycles. The first kappa shape index (κ1) is 14.3. The van der Waals surface area contributed by atoms with E-state index in [1.165, 1.54) is 25.7 Å². The first-order valence-corrected chi connectivity index (χ1v) is 7.77. The van der Waals surface area contributed by atoms with E-state index in [9.17, 15) is 5.11 Å². The Balaban J connectivity index is 2.04. The average molecular weight is 255 g/mol. The first-order valence-electron chi connectivity index (χ1n) is 7.77. The molecule has 0 radical (unpaired) electrons. The van der Waals surface area contributed by atoms with Crippen LogP contribution in [0.15, 0.2) is 0 Å². The van der Waals surface area contributed by atoms with Crippen LogP contribution in [-0.4, -0.2) is 47.4 Å². The number of aliphatic hydroxyl groups is 1. The fourth-order valence-electron chi connectivity index (χ4n) is 3.46. The SMILES string of the molecule is CCC1COC(C)CN1C1CCCCCCC1O. The quantitative estimate of drug-likeness (QED) is 0.823. The van der Waals surface area contributed by atoms with E-state index >= 15 is 0 Å². The second-order valence-electron chi connectivity index (χ2n) is 6.03. The van der Waals surface area contributed by atoms with E-state index < -0.39 is 0 Å². The standard InChI is InChI=1S/C15H29NO2/c1-3-13-11-18-12(2)10-16(13)14-8-6-4-5-7-9-15(14)17/h12-15,17H,3-11H2,1-2H3. The molecule has 4 unspecified atom stereocenters.